The lowest BCUT2D eigenvalue weighted by Gasteiger charge is -2.14. The topological polar surface area (TPSA) is 82.1 Å². The Morgan fingerprint density at radius 2 is 1.76 bits per heavy atom. The lowest BCUT2D eigenvalue weighted by Crippen LogP contribution is -2.18. The zero-order chi connectivity index (χ0) is 13.1. The molecular weight excluding hydrogens is 228 g/mol. The molecule has 17 heavy (non-hydrogen) atoms. The quantitative estimate of drug-likeness (QED) is 0.472. The van der Waals surface area contributed by atoms with Crippen LogP contribution in [0.5, 0.6) is 0 Å². The van der Waals surface area contributed by atoms with Gasteiger partial charge in [0.05, 0.1) is 6.61 Å². The maximum absolute atomic E-state index is 11.3. The molecule has 0 aliphatic carbocycles. The van der Waals surface area contributed by atoms with Crippen LogP contribution in [-0.2, 0) is 23.8 Å². The highest BCUT2D eigenvalue weighted by Crippen LogP contribution is 2.15. The summed E-state index contributed by atoms with van der Waals surface area (Å²) in [6.07, 6.45) is 0.788. The van der Waals surface area contributed by atoms with E-state index >= 15 is 0 Å². The molecule has 0 aromatic carbocycles. The van der Waals surface area contributed by atoms with E-state index in [4.69, 9.17) is 14.6 Å². The Morgan fingerprint density at radius 3 is 2.24 bits per heavy atom. The van der Waals surface area contributed by atoms with Gasteiger partial charge in [0.15, 0.2) is 6.79 Å². The fraction of sp³-hybridized carbons (Fsp3) is 0.818. The number of rotatable bonds is 9. The summed E-state index contributed by atoms with van der Waals surface area (Å²) in [7, 11) is 1.55. The summed E-state index contributed by atoms with van der Waals surface area (Å²) in [5.74, 6) is -1.06. The molecule has 0 spiro atoms. The normalized spacial score (nSPS) is 11.9. The average molecular weight is 248 g/mol. The van der Waals surface area contributed by atoms with Crippen molar-refractivity contribution in [2.45, 2.75) is 26.2 Å². The molecule has 0 heterocycles. The van der Waals surface area contributed by atoms with Crippen LogP contribution in [0.4, 0.5) is 0 Å². The summed E-state index contributed by atoms with van der Waals surface area (Å²) >= 11 is 0. The summed E-state index contributed by atoms with van der Waals surface area (Å²) < 4.78 is 14.1. The molecule has 0 rings (SSSR count). The van der Waals surface area contributed by atoms with Gasteiger partial charge in [0, 0.05) is 26.6 Å². The van der Waals surface area contributed by atoms with Gasteiger partial charge in [-0.15, -0.1) is 0 Å². The molecule has 0 aromatic heterocycles. The Bertz CT molecular complexity index is 208. The van der Waals surface area contributed by atoms with E-state index in [1.807, 2.05) is 0 Å². The second-order valence-corrected chi connectivity index (χ2v) is 3.51. The first-order chi connectivity index (χ1) is 8.13. The zero-order valence-electron chi connectivity index (χ0n) is 10.3. The van der Waals surface area contributed by atoms with Crippen molar-refractivity contribution in [3.63, 3.8) is 0 Å². The van der Waals surface area contributed by atoms with Crippen molar-refractivity contribution in [3.05, 3.63) is 0 Å². The van der Waals surface area contributed by atoms with E-state index in [0.717, 1.165) is 0 Å². The fourth-order valence-corrected chi connectivity index (χ4v) is 1.38. The Morgan fingerprint density at radius 1 is 1.18 bits per heavy atom. The van der Waals surface area contributed by atoms with Crippen LogP contribution in [0.15, 0.2) is 0 Å². The maximum atomic E-state index is 11.3. The van der Waals surface area contributed by atoms with Crippen LogP contribution in [-0.4, -0.2) is 44.2 Å². The van der Waals surface area contributed by atoms with Gasteiger partial charge in [0.1, 0.15) is 0 Å². The maximum Gasteiger partial charge on any atom is 0.308 e. The van der Waals surface area contributed by atoms with Crippen LogP contribution in [0, 0.1) is 5.92 Å². The minimum absolute atomic E-state index is 0.0722. The van der Waals surface area contributed by atoms with Crippen LogP contribution in [0.1, 0.15) is 26.2 Å². The predicted octanol–water partition coefficient (Wildman–Crippen LogP) is 0.475. The van der Waals surface area contributed by atoms with Crippen LogP contribution < -0.4 is 0 Å². The minimum atomic E-state index is -0.644. The Balaban J connectivity index is 4.12. The van der Waals surface area contributed by atoms with E-state index in [-0.39, 0.29) is 24.7 Å². The van der Waals surface area contributed by atoms with Gasteiger partial charge < -0.3 is 19.3 Å². The third-order valence-corrected chi connectivity index (χ3v) is 2.17. The van der Waals surface area contributed by atoms with Crippen LogP contribution in [0.3, 0.4) is 0 Å². The van der Waals surface area contributed by atoms with E-state index < -0.39 is 12.8 Å². The smallest absolute Gasteiger partial charge is 0.308 e. The molecule has 6 nitrogen and oxygen atoms in total. The van der Waals surface area contributed by atoms with Gasteiger partial charge in [-0.3, -0.25) is 9.59 Å². The number of aliphatic hydroxyl groups excluding tert-OH is 1. The molecular formula is C11H20O6. The van der Waals surface area contributed by atoms with Crippen molar-refractivity contribution >= 4 is 11.9 Å². The van der Waals surface area contributed by atoms with Gasteiger partial charge in [-0.05, 0) is 19.3 Å². The van der Waals surface area contributed by atoms with E-state index in [0.29, 0.717) is 19.6 Å². The second kappa shape index (κ2) is 10.0. The number of carbonyl (C=O) groups is 2. The SMILES string of the molecule is CCOC(=O)C[C@@H](CCOC)CC(=O)OCO. The average Bonchev–Trinajstić information content (AvgIpc) is 2.26. The van der Waals surface area contributed by atoms with Gasteiger partial charge >= 0.3 is 11.9 Å². The second-order valence-electron chi connectivity index (χ2n) is 3.51. The number of hydrogen-bond donors (Lipinski definition) is 1. The predicted molar refractivity (Wildman–Crippen MR) is 59.0 cm³/mol. The van der Waals surface area contributed by atoms with Crippen molar-refractivity contribution < 1.29 is 28.9 Å². The van der Waals surface area contributed by atoms with Crippen molar-refractivity contribution in [1.29, 1.82) is 0 Å². The molecule has 100 valence electrons. The number of esters is 2. The van der Waals surface area contributed by atoms with Crippen molar-refractivity contribution in [2.75, 3.05) is 27.1 Å². The summed E-state index contributed by atoms with van der Waals surface area (Å²) in [4.78, 5) is 22.5. The molecule has 1 N–H and O–H groups in total. The highest BCUT2D eigenvalue weighted by atomic mass is 16.6. The third kappa shape index (κ3) is 8.65. The number of aliphatic hydroxyl groups is 1. The Kier molecular flexibility index (Phi) is 9.37. The van der Waals surface area contributed by atoms with Gasteiger partial charge in [-0.1, -0.05) is 0 Å². The van der Waals surface area contributed by atoms with Crippen LogP contribution in [0.25, 0.3) is 0 Å². The number of ether oxygens (including phenoxy) is 3. The fourth-order valence-electron chi connectivity index (χ4n) is 1.38. The van der Waals surface area contributed by atoms with Gasteiger partial charge in [0.2, 0.25) is 0 Å². The molecule has 0 amide bonds. The Labute approximate surface area is 101 Å². The summed E-state index contributed by atoms with van der Waals surface area (Å²) in [6, 6.07) is 0. The first kappa shape index (κ1) is 15.9. The van der Waals surface area contributed by atoms with Gasteiger partial charge in [0.25, 0.3) is 0 Å². The Hall–Kier alpha value is -1.14. The highest BCUT2D eigenvalue weighted by Gasteiger charge is 2.19. The summed E-state index contributed by atoms with van der Waals surface area (Å²) in [5.41, 5.74) is 0. The van der Waals surface area contributed by atoms with Gasteiger partial charge in [-0.25, -0.2) is 0 Å². The molecule has 0 unspecified atom stereocenters. The van der Waals surface area contributed by atoms with E-state index in [9.17, 15) is 9.59 Å². The van der Waals surface area contributed by atoms with E-state index in [1.54, 1.807) is 14.0 Å². The lowest BCUT2D eigenvalue weighted by molar-refractivity contribution is -0.153. The highest BCUT2D eigenvalue weighted by molar-refractivity contribution is 5.73. The van der Waals surface area contributed by atoms with Crippen molar-refractivity contribution in [2.24, 2.45) is 5.92 Å². The first-order valence-corrected chi connectivity index (χ1v) is 5.55. The van der Waals surface area contributed by atoms with Crippen LogP contribution in [0.2, 0.25) is 0 Å². The van der Waals surface area contributed by atoms with Crippen molar-refractivity contribution in [3.8, 4) is 0 Å². The monoisotopic (exact) mass is 248 g/mol. The molecule has 0 aliphatic heterocycles. The lowest BCUT2D eigenvalue weighted by atomic mass is 9.98. The summed E-state index contributed by atoms with van der Waals surface area (Å²) in [6.45, 7) is 1.85. The molecule has 0 aromatic rings. The summed E-state index contributed by atoms with van der Waals surface area (Å²) in [5, 5.41) is 8.43. The number of methoxy groups -OCH3 is 1. The standard InChI is InChI=1S/C11H20O6/c1-3-16-10(13)6-9(4-5-15-2)7-11(14)17-8-12/h9,12H,3-8H2,1-2H3/t9-/m1/s1. The number of hydrogen-bond acceptors (Lipinski definition) is 6. The van der Waals surface area contributed by atoms with E-state index in [2.05, 4.69) is 4.74 Å². The molecule has 0 saturated carbocycles. The molecule has 0 fully saturated rings. The van der Waals surface area contributed by atoms with E-state index in [1.165, 1.54) is 0 Å². The number of carbonyl (C=O) groups excluding carboxylic acids is 2. The largest absolute Gasteiger partial charge is 0.466 e. The van der Waals surface area contributed by atoms with Crippen LogP contribution >= 0.6 is 0 Å². The zero-order valence-corrected chi connectivity index (χ0v) is 10.3. The molecule has 0 saturated heterocycles. The molecule has 6 heteroatoms. The molecule has 1 atom stereocenters. The van der Waals surface area contributed by atoms with Gasteiger partial charge in [-0.2, -0.15) is 0 Å². The minimum Gasteiger partial charge on any atom is -0.466 e. The van der Waals surface area contributed by atoms with Crippen molar-refractivity contribution in [1.82, 2.24) is 0 Å². The third-order valence-electron chi connectivity index (χ3n) is 2.17. The first-order valence-electron chi connectivity index (χ1n) is 5.55. The molecule has 0 aliphatic rings. The molecule has 0 radical (unpaired) electrons. The molecule has 0 bridgehead atoms.